The minimum Gasteiger partial charge on any atom is -0.466 e. The van der Waals surface area contributed by atoms with Crippen LogP contribution in [0.5, 0.6) is 0 Å². The van der Waals surface area contributed by atoms with Crippen LogP contribution in [-0.4, -0.2) is 28.2 Å². The van der Waals surface area contributed by atoms with Crippen molar-refractivity contribution in [1.82, 2.24) is 0 Å². The lowest BCUT2D eigenvalue weighted by atomic mass is 10.2. The molecule has 2 aliphatic rings. The third-order valence-electron chi connectivity index (χ3n) is 1.97. The Bertz CT molecular complexity index is 175. The van der Waals surface area contributed by atoms with Gasteiger partial charge in [0.05, 0.1) is 17.1 Å². The second kappa shape index (κ2) is 2.90. The van der Waals surface area contributed by atoms with E-state index in [2.05, 4.69) is 0 Å². The standard InChI is InChI=1S/C7H10O2S2/c8-6-5-7(1-2-9-6)10-3-4-11-7/h1-5H2. The molecule has 2 rings (SSSR count). The van der Waals surface area contributed by atoms with Gasteiger partial charge in [0.1, 0.15) is 0 Å². The lowest BCUT2D eigenvalue weighted by Crippen LogP contribution is -2.31. The van der Waals surface area contributed by atoms with Gasteiger partial charge in [-0.3, -0.25) is 4.79 Å². The first-order valence-corrected chi connectivity index (χ1v) is 5.71. The number of hydrogen-bond acceptors (Lipinski definition) is 4. The summed E-state index contributed by atoms with van der Waals surface area (Å²) in [6, 6.07) is 0. The first-order valence-electron chi connectivity index (χ1n) is 3.74. The molecule has 62 valence electrons. The van der Waals surface area contributed by atoms with E-state index in [1.165, 1.54) is 11.5 Å². The van der Waals surface area contributed by atoms with Crippen molar-refractivity contribution in [2.45, 2.75) is 16.9 Å². The molecule has 0 unspecified atom stereocenters. The first kappa shape index (κ1) is 7.80. The number of ether oxygens (including phenoxy) is 1. The molecule has 2 saturated heterocycles. The topological polar surface area (TPSA) is 26.3 Å². The van der Waals surface area contributed by atoms with Crippen LogP contribution < -0.4 is 0 Å². The van der Waals surface area contributed by atoms with E-state index in [9.17, 15) is 4.79 Å². The number of esters is 1. The Morgan fingerprint density at radius 1 is 1.36 bits per heavy atom. The van der Waals surface area contributed by atoms with Gasteiger partial charge in [0.15, 0.2) is 0 Å². The molecule has 0 bridgehead atoms. The molecule has 0 amide bonds. The highest BCUT2D eigenvalue weighted by atomic mass is 32.2. The number of hydrogen-bond donors (Lipinski definition) is 0. The Hall–Kier alpha value is 0.170. The molecule has 0 saturated carbocycles. The summed E-state index contributed by atoms with van der Waals surface area (Å²) in [4.78, 5) is 11.0. The maximum absolute atomic E-state index is 11.0. The minimum atomic E-state index is -0.0156. The molecule has 11 heavy (non-hydrogen) atoms. The molecule has 0 N–H and O–H groups in total. The van der Waals surface area contributed by atoms with E-state index in [1.807, 2.05) is 23.5 Å². The Kier molecular flexibility index (Phi) is 2.06. The van der Waals surface area contributed by atoms with Crippen LogP contribution in [0.3, 0.4) is 0 Å². The fourth-order valence-corrected chi connectivity index (χ4v) is 4.56. The quantitative estimate of drug-likeness (QED) is 0.541. The lowest BCUT2D eigenvalue weighted by Gasteiger charge is -2.29. The van der Waals surface area contributed by atoms with E-state index < -0.39 is 0 Å². The van der Waals surface area contributed by atoms with Gasteiger partial charge in [-0.25, -0.2) is 0 Å². The molecule has 2 aliphatic heterocycles. The van der Waals surface area contributed by atoms with Gasteiger partial charge < -0.3 is 4.74 Å². The van der Waals surface area contributed by atoms with Gasteiger partial charge in [0.25, 0.3) is 0 Å². The predicted octanol–water partition coefficient (Wildman–Crippen LogP) is 1.50. The predicted molar refractivity (Wildman–Crippen MR) is 47.8 cm³/mol. The molecular weight excluding hydrogens is 180 g/mol. The number of thioether (sulfide) groups is 2. The highest BCUT2D eigenvalue weighted by Crippen LogP contribution is 2.50. The molecule has 0 aromatic rings. The van der Waals surface area contributed by atoms with E-state index in [0.717, 1.165) is 6.42 Å². The molecule has 1 spiro atoms. The average molecular weight is 190 g/mol. The van der Waals surface area contributed by atoms with E-state index in [-0.39, 0.29) is 10.0 Å². The summed E-state index contributed by atoms with van der Waals surface area (Å²) in [6.45, 7) is 0.624. The smallest absolute Gasteiger partial charge is 0.308 e. The summed E-state index contributed by atoms with van der Waals surface area (Å²) in [7, 11) is 0. The van der Waals surface area contributed by atoms with Crippen molar-refractivity contribution in [2.75, 3.05) is 18.1 Å². The van der Waals surface area contributed by atoms with Crippen LogP contribution in [0.15, 0.2) is 0 Å². The van der Waals surface area contributed by atoms with Crippen molar-refractivity contribution in [1.29, 1.82) is 0 Å². The maximum atomic E-state index is 11.0. The SMILES string of the molecule is O=C1CC2(CCO1)SCCS2. The van der Waals surface area contributed by atoms with Crippen LogP contribution in [0.4, 0.5) is 0 Å². The van der Waals surface area contributed by atoms with Crippen LogP contribution in [0.1, 0.15) is 12.8 Å². The van der Waals surface area contributed by atoms with Gasteiger partial charge in [0, 0.05) is 17.9 Å². The summed E-state index contributed by atoms with van der Waals surface area (Å²) in [5, 5.41) is 0. The zero-order chi connectivity index (χ0) is 7.73. The molecule has 2 nitrogen and oxygen atoms in total. The molecule has 2 heterocycles. The second-order valence-electron chi connectivity index (χ2n) is 2.75. The van der Waals surface area contributed by atoms with Crippen LogP contribution >= 0.6 is 23.5 Å². The fraction of sp³-hybridized carbons (Fsp3) is 0.857. The number of carbonyl (C=O) groups is 1. The zero-order valence-corrected chi connectivity index (χ0v) is 7.80. The van der Waals surface area contributed by atoms with Gasteiger partial charge in [-0.2, -0.15) is 0 Å². The number of carbonyl (C=O) groups excluding carboxylic acids is 1. The molecule has 4 heteroatoms. The maximum Gasteiger partial charge on any atom is 0.308 e. The molecular formula is C7H10O2S2. The summed E-state index contributed by atoms with van der Waals surface area (Å²) in [6.07, 6.45) is 1.65. The summed E-state index contributed by atoms with van der Waals surface area (Å²) in [5.74, 6) is 2.37. The highest BCUT2D eigenvalue weighted by Gasteiger charge is 2.40. The van der Waals surface area contributed by atoms with Gasteiger partial charge in [-0.05, 0) is 0 Å². The number of cyclic esters (lactones) is 1. The summed E-state index contributed by atoms with van der Waals surface area (Å²) < 4.78 is 5.10. The largest absolute Gasteiger partial charge is 0.466 e. The van der Waals surface area contributed by atoms with Crippen molar-refractivity contribution in [3.63, 3.8) is 0 Å². The summed E-state index contributed by atoms with van der Waals surface area (Å²) >= 11 is 3.86. The normalized spacial score (nSPS) is 28.9. The zero-order valence-electron chi connectivity index (χ0n) is 6.17. The van der Waals surface area contributed by atoms with Crippen molar-refractivity contribution in [3.05, 3.63) is 0 Å². The van der Waals surface area contributed by atoms with Crippen LogP contribution in [0.2, 0.25) is 0 Å². The Labute approximate surface area is 74.4 Å². The Morgan fingerprint density at radius 2 is 2.09 bits per heavy atom. The molecule has 0 atom stereocenters. The van der Waals surface area contributed by atoms with Crippen molar-refractivity contribution in [3.8, 4) is 0 Å². The van der Waals surface area contributed by atoms with E-state index in [0.29, 0.717) is 13.0 Å². The fourth-order valence-electron chi connectivity index (χ4n) is 1.42. The van der Waals surface area contributed by atoms with Gasteiger partial charge in [-0.1, -0.05) is 0 Å². The lowest BCUT2D eigenvalue weighted by molar-refractivity contribution is -0.146. The van der Waals surface area contributed by atoms with Gasteiger partial charge in [0.2, 0.25) is 0 Å². The Balaban J connectivity index is 2.05. The first-order chi connectivity index (χ1) is 5.31. The summed E-state index contributed by atoms with van der Waals surface area (Å²) in [5.41, 5.74) is 0. The minimum absolute atomic E-state index is 0.0156. The third-order valence-corrected chi connectivity index (χ3v) is 5.50. The van der Waals surface area contributed by atoms with E-state index in [4.69, 9.17) is 4.74 Å². The Morgan fingerprint density at radius 3 is 2.73 bits per heavy atom. The third kappa shape index (κ3) is 1.51. The number of rotatable bonds is 0. The van der Waals surface area contributed by atoms with Gasteiger partial charge >= 0.3 is 5.97 Å². The molecule has 0 aliphatic carbocycles. The molecule has 0 aromatic carbocycles. The van der Waals surface area contributed by atoms with Crippen LogP contribution in [-0.2, 0) is 9.53 Å². The van der Waals surface area contributed by atoms with Crippen molar-refractivity contribution in [2.24, 2.45) is 0 Å². The highest BCUT2D eigenvalue weighted by molar-refractivity contribution is 8.21. The second-order valence-corrected chi connectivity index (χ2v) is 5.97. The van der Waals surface area contributed by atoms with Crippen LogP contribution in [0, 0.1) is 0 Å². The molecule has 0 radical (unpaired) electrons. The van der Waals surface area contributed by atoms with Crippen molar-refractivity contribution >= 4 is 29.5 Å². The van der Waals surface area contributed by atoms with Gasteiger partial charge in [-0.15, -0.1) is 23.5 Å². The molecule has 0 aromatic heterocycles. The monoisotopic (exact) mass is 190 g/mol. The van der Waals surface area contributed by atoms with E-state index >= 15 is 0 Å². The van der Waals surface area contributed by atoms with Crippen molar-refractivity contribution < 1.29 is 9.53 Å². The average Bonchev–Trinajstić information content (AvgIpc) is 2.37. The van der Waals surface area contributed by atoms with E-state index in [1.54, 1.807) is 0 Å². The molecule has 2 fully saturated rings. The van der Waals surface area contributed by atoms with Crippen LogP contribution in [0.25, 0.3) is 0 Å².